The molecule has 1 heterocycles. The third-order valence-electron chi connectivity index (χ3n) is 3.45. The van der Waals surface area contributed by atoms with Gasteiger partial charge in [0, 0.05) is 0 Å². The minimum atomic E-state index is -0.668. The number of amides is 1. The Bertz CT molecular complexity index is 564. The average molecular weight is 259 g/mol. The number of hydrogen-bond acceptors (Lipinski definition) is 1. The molecular formula is C15H11F2NO. The van der Waals surface area contributed by atoms with Gasteiger partial charge in [-0.2, -0.15) is 0 Å². The molecule has 4 heteroatoms. The standard InChI is InChI=1S/C15H11F2NO/c16-12-5-1-10(2-6-12)15(9-14(19)18-15)11-3-7-13(17)8-4-11/h1-8H,9H2,(H,18,19). The van der Waals surface area contributed by atoms with Gasteiger partial charge in [0.25, 0.3) is 0 Å². The van der Waals surface area contributed by atoms with E-state index in [9.17, 15) is 13.6 Å². The second-order valence-electron chi connectivity index (χ2n) is 4.64. The minimum Gasteiger partial charge on any atom is -0.342 e. The number of halogens is 2. The van der Waals surface area contributed by atoms with Crippen molar-refractivity contribution < 1.29 is 13.6 Å². The molecule has 0 bridgehead atoms. The first-order valence-corrected chi connectivity index (χ1v) is 5.93. The lowest BCUT2D eigenvalue weighted by Crippen LogP contribution is -2.59. The summed E-state index contributed by atoms with van der Waals surface area (Å²) >= 11 is 0. The molecule has 1 aliphatic heterocycles. The first kappa shape index (κ1) is 11.8. The van der Waals surface area contributed by atoms with Crippen LogP contribution in [0.2, 0.25) is 0 Å². The SMILES string of the molecule is O=C1CC(c2ccc(F)cc2)(c2ccc(F)cc2)N1. The van der Waals surface area contributed by atoms with Crippen LogP contribution in [-0.4, -0.2) is 5.91 Å². The fraction of sp³-hybridized carbons (Fsp3) is 0.133. The van der Waals surface area contributed by atoms with Crippen LogP contribution in [0.25, 0.3) is 0 Å². The van der Waals surface area contributed by atoms with E-state index in [1.807, 2.05) is 0 Å². The second kappa shape index (κ2) is 4.16. The Morgan fingerprint density at radius 2 is 1.21 bits per heavy atom. The number of β-lactam (4-membered cyclic amide) rings is 1. The second-order valence-corrected chi connectivity index (χ2v) is 4.64. The van der Waals surface area contributed by atoms with E-state index in [4.69, 9.17) is 0 Å². The van der Waals surface area contributed by atoms with Crippen molar-refractivity contribution in [1.29, 1.82) is 0 Å². The molecule has 1 fully saturated rings. The van der Waals surface area contributed by atoms with E-state index in [0.717, 1.165) is 11.1 Å². The van der Waals surface area contributed by atoms with E-state index in [-0.39, 0.29) is 24.0 Å². The van der Waals surface area contributed by atoms with Gasteiger partial charge in [0.1, 0.15) is 11.6 Å². The summed E-state index contributed by atoms with van der Waals surface area (Å²) in [4.78, 5) is 11.3. The highest BCUT2D eigenvalue weighted by atomic mass is 19.1. The molecule has 96 valence electrons. The van der Waals surface area contributed by atoms with Crippen LogP contribution in [0.15, 0.2) is 48.5 Å². The number of carbonyl (C=O) groups is 1. The Morgan fingerprint density at radius 1 is 0.842 bits per heavy atom. The van der Waals surface area contributed by atoms with Gasteiger partial charge in [-0.1, -0.05) is 24.3 Å². The molecule has 0 atom stereocenters. The van der Waals surface area contributed by atoms with Gasteiger partial charge < -0.3 is 5.32 Å². The Morgan fingerprint density at radius 3 is 1.53 bits per heavy atom. The molecule has 0 saturated carbocycles. The molecule has 1 amide bonds. The highest BCUT2D eigenvalue weighted by molar-refractivity contribution is 5.87. The van der Waals surface area contributed by atoms with Gasteiger partial charge >= 0.3 is 0 Å². The maximum absolute atomic E-state index is 13.0. The van der Waals surface area contributed by atoms with E-state index in [2.05, 4.69) is 5.32 Å². The summed E-state index contributed by atoms with van der Waals surface area (Å²) in [6.45, 7) is 0. The van der Waals surface area contributed by atoms with Crippen LogP contribution in [0.4, 0.5) is 8.78 Å². The van der Waals surface area contributed by atoms with Crippen LogP contribution in [0.5, 0.6) is 0 Å². The van der Waals surface area contributed by atoms with Gasteiger partial charge in [0.2, 0.25) is 5.91 Å². The van der Waals surface area contributed by atoms with Crippen molar-refractivity contribution in [2.24, 2.45) is 0 Å². The molecule has 1 aliphatic rings. The zero-order valence-corrected chi connectivity index (χ0v) is 9.99. The normalized spacial score (nSPS) is 16.6. The Hall–Kier alpha value is -2.23. The Balaban J connectivity index is 2.07. The molecule has 0 spiro atoms. The monoisotopic (exact) mass is 259 g/mol. The van der Waals surface area contributed by atoms with E-state index in [1.165, 1.54) is 24.3 Å². The topological polar surface area (TPSA) is 29.1 Å². The largest absolute Gasteiger partial charge is 0.342 e. The van der Waals surface area contributed by atoms with Crippen molar-refractivity contribution in [3.63, 3.8) is 0 Å². The molecule has 0 aliphatic carbocycles. The molecule has 1 saturated heterocycles. The van der Waals surface area contributed by atoms with Gasteiger partial charge in [0.05, 0.1) is 12.0 Å². The highest BCUT2D eigenvalue weighted by Gasteiger charge is 2.45. The number of benzene rings is 2. The summed E-state index contributed by atoms with van der Waals surface area (Å²) in [5, 5.41) is 2.84. The minimum absolute atomic E-state index is 0.0753. The van der Waals surface area contributed by atoms with Gasteiger partial charge in [0.15, 0.2) is 0 Å². The van der Waals surface area contributed by atoms with Gasteiger partial charge in [-0.25, -0.2) is 8.78 Å². The van der Waals surface area contributed by atoms with E-state index in [1.54, 1.807) is 24.3 Å². The van der Waals surface area contributed by atoms with Crippen molar-refractivity contribution in [3.05, 3.63) is 71.3 Å². The summed E-state index contributed by atoms with van der Waals surface area (Å²) in [6, 6.07) is 12.0. The smallest absolute Gasteiger partial charge is 0.224 e. The van der Waals surface area contributed by atoms with Crippen molar-refractivity contribution in [3.8, 4) is 0 Å². The lowest BCUT2D eigenvalue weighted by Gasteiger charge is -2.43. The van der Waals surface area contributed by atoms with Crippen LogP contribution in [0, 0.1) is 11.6 Å². The summed E-state index contributed by atoms with van der Waals surface area (Å²) in [5.41, 5.74) is 0.915. The van der Waals surface area contributed by atoms with Crippen LogP contribution in [0.1, 0.15) is 17.5 Å². The highest BCUT2D eigenvalue weighted by Crippen LogP contribution is 2.38. The molecule has 3 rings (SSSR count). The van der Waals surface area contributed by atoms with E-state index >= 15 is 0 Å². The summed E-state index contributed by atoms with van der Waals surface area (Å²) in [7, 11) is 0. The maximum atomic E-state index is 13.0. The molecule has 0 unspecified atom stereocenters. The molecule has 0 aromatic heterocycles. The van der Waals surface area contributed by atoms with E-state index < -0.39 is 5.54 Å². The average Bonchev–Trinajstić information content (AvgIpc) is 2.37. The van der Waals surface area contributed by atoms with Crippen molar-refractivity contribution >= 4 is 5.91 Å². The fourth-order valence-electron chi connectivity index (χ4n) is 2.44. The summed E-state index contributed by atoms with van der Waals surface area (Å²) < 4.78 is 26.0. The number of carbonyl (C=O) groups excluding carboxylic acids is 1. The van der Waals surface area contributed by atoms with Crippen LogP contribution in [0.3, 0.4) is 0 Å². The Kier molecular flexibility index (Phi) is 2.59. The predicted molar refractivity (Wildman–Crippen MR) is 66.3 cm³/mol. The first-order valence-electron chi connectivity index (χ1n) is 5.93. The lowest BCUT2D eigenvalue weighted by molar-refractivity contribution is -0.131. The molecule has 0 radical (unpaired) electrons. The third kappa shape index (κ3) is 1.89. The van der Waals surface area contributed by atoms with Crippen molar-refractivity contribution in [1.82, 2.24) is 5.32 Å². The van der Waals surface area contributed by atoms with Crippen LogP contribution < -0.4 is 5.32 Å². The molecule has 1 N–H and O–H groups in total. The molecule has 2 aromatic rings. The van der Waals surface area contributed by atoms with Crippen LogP contribution in [-0.2, 0) is 10.3 Å². The zero-order chi connectivity index (χ0) is 13.5. The van der Waals surface area contributed by atoms with Crippen LogP contribution >= 0.6 is 0 Å². The van der Waals surface area contributed by atoms with Gasteiger partial charge in [-0.15, -0.1) is 0 Å². The molecule has 2 nitrogen and oxygen atoms in total. The third-order valence-corrected chi connectivity index (χ3v) is 3.45. The van der Waals surface area contributed by atoms with Gasteiger partial charge in [-0.3, -0.25) is 4.79 Å². The van der Waals surface area contributed by atoms with Gasteiger partial charge in [-0.05, 0) is 35.4 Å². The quantitative estimate of drug-likeness (QED) is 0.825. The lowest BCUT2D eigenvalue weighted by atomic mass is 9.75. The first-order chi connectivity index (χ1) is 9.10. The number of rotatable bonds is 2. The molecule has 19 heavy (non-hydrogen) atoms. The summed E-state index contributed by atoms with van der Waals surface area (Å²) in [6.07, 6.45) is 0.282. The molecular weight excluding hydrogens is 248 g/mol. The zero-order valence-electron chi connectivity index (χ0n) is 9.99. The predicted octanol–water partition coefficient (Wildman–Crippen LogP) is 2.73. The van der Waals surface area contributed by atoms with Crippen molar-refractivity contribution in [2.45, 2.75) is 12.0 Å². The van der Waals surface area contributed by atoms with Crippen molar-refractivity contribution in [2.75, 3.05) is 0 Å². The maximum Gasteiger partial charge on any atom is 0.224 e. The van der Waals surface area contributed by atoms with E-state index in [0.29, 0.717) is 0 Å². The summed E-state index contributed by atoms with van der Waals surface area (Å²) in [5.74, 6) is -0.735. The Labute approximate surface area is 109 Å². The number of nitrogens with one attached hydrogen (secondary N) is 1. The number of hydrogen-bond donors (Lipinski definition) is 1. The molecule has 2 aromatic carbocycles. The fourth-order valence-corrected chi connectivity index (χ4v) is 2.44.